The van der Waals surface area contributed by atoms with Crippen molar-refractivity contribution < 1.29 is 9.72 Å². The van der Waals surface area contributed by atoms with Crippen molar-refractivity contribution in [3.05, 3.63) is 62.6 Å². The summed E-state index contributed by atoms with van der Waals surface area (Å²) in [6.07, 6.45) is 3.31. The van der Waals surface area contributed by atoms with Gasteiger partial charge in [0.1, 0.15) is 5.69 Å². The number of nitrogens with zero attached hydrogens (tertiary/aromatic N) is 4. The molecule has 0 saturated carbocycles. The van der Waals surface area contributed by atoms with Crippen LogP contribution in [0.2, 0.25) is 0 Å². The lowest BCUT2D eigenvalue weighted by Gasteiger charge is -2.37. The van der Waals surface area contributed by atoms with Crippen molar-refractivity contribution in [2.45, 2.75) is 19.3 Å². The number of rotatable bonds is 4. The number of carbonyl (C=O) groups excluding carboxylic acids is 1. The molecule has 2 saturated heterocycles. The van der Waals surface area contributed by atoms with Crippen LogP contribution in [0, 0.1) is 10.1 Å². The minimum absolute atomic E-state index is 0.0276. The van der Waals surface area contributed by atoms with Gasteiger partial charge in [-0.15, -0.1) is 0 Å². The van der Waals surface area contributed by atoms with Crippen LogP contribution in [0.1, 0.15) is 29.6 Å². The van der Waals surface area contributed by atoms with E-state index < -0.39 is 0 Å². The topological polar surface area (TPSA) is 69.9 Å². The highest BCUT2D eigenvalue weighted by Crippen LogP contribution is 2.34. The van der Waals surface area contributed by atoms with Gasteiger partial charge in [-0.2, -0.15) is 0 Å². The summed E-state index contributed by atoms with van der Waals surface area (Å²) in [5.74, 6) is 0.0276. The smallest absolute Gasteiger partial charge is 0.292 e. The molecular weight excluding hydrogens is 448 g/mol. The average molecular weight is 473 g/mol. The molecule has 2 fully saturated rings. The third kappa shape index (κ3) is 4.28. The van der Waals surface area contributed by atoms with Crippen molar-refractivity contribution in [3.63, 3.8) is 0 Å². The molecule has 0 N–H and O–H groups in total. The van der Waals surface area contributed by atoms with E-state index in [0.29, 0.717) is 37.4 Å². The molecule has 2 aromatic rings. The van der Waals surface area contributed by atoms with Gasteiger partial charge in [0.15, 0.2) is 0 Å². The number of anilines is 2. The van der Waals surface area contributed by atoms with Crippen molar-refractivity contribution in [2.24, 2.45) is 0 Å². The summed E-state index contributed by atoms with van der Waals surface area (Å²) < 4.78 is 0.805. The Hall–Kier alpha value is -2.61. The molecule has 7 nitrogen and oxygen atoms in total. The zero-order valence-corrected chi connectivity index (χ0v) is 18.4. The molecule has 0 bridgehead atoms. The molecule has 0 aliphatic carbocycles. The van der Waals surface area contributed by atoms with Crippen LogP contribution in [0.3, 0.4) is 0 Å². The van der Waals surface area contributed by atoms with Gasteiger partial charge in [0, 0.05) is 55.5 Å². The Morgan fingerprint density at radius 3 is 2.27 bits per heavy atom. The first-order valence-corrected chi connectivity index (χ1v) is 11.2. The number of piperidine rings is 1. The number of nitro groups is 1. The monoisotopic (exact) mass is 472 g/mol. The molecule has 1 amide bonds. The maximum Gasteiger partial charge on any atom is 0.292 e. The second-order valence-electron chi connectivity index (χ2n) is 7.74. The van der Waals surface area contributed by atoms with Crippen LogP contribution < -0.4 is 9.80 Å². The van der Waals surface area contributed by atoms with Gasteiger partial charge in [-0.05, 0) is 59.5 Å². The highest BCUT2D eigenvalue weighted by Gasteiger charge is 2.26. The summed E-state index contributed by atoms with van der Waals surface area (Å²) in [6, 6.07) is 12.9. The second-order valence-corrected chi connectivity index (χ2v) is 8.59. The Morgan fingerprint density at radius 1 is 0.900 bits per heavy atom. The molecule has 2 heterocycles. The Bertz CT molecular complexity index is 938. The first-order valence-electron chi connectivity index (χ1n) is 10.4. The van der Waals surface area contributed by atoms with Gasteiger partial charge in [0.05, 0.1) is 10.5 Å². The van der Waals surface area contributed by atoms with Gasteiger partial charge < -0.3 is 14.7 Å². The number of carbonyl (C=O) groups is 1. The van der Waals surface area contributed by atoms with Crippen LogP contribution in [0.15, 0.2) is 46.9 Å². The van der Waals surface area contributed by atoms with Crippen molar-refractivity contribution in [1.29, 1.82) is 0 Å². The predicted octanol–water partition coefficient (Wildman–Crippen LogP) is 4.31. The maximum atomic E-state index is 12.8. The Balaban J connectivity index is 1.48. The van der Waals surface area contributed by atoms with Crippen molar-refractivity contribution in [3.8, 4) is 0 Å². The number of piperazine rings is 1. The van der Waals surface area contributed by atoms with Crippen LogP contribution in [-0.4, -0.2) is 55.0 Å². The molecule has 158 valence electrons. The second kappa shape index (κ2) is 9.04. The van der Waals surface area contributed by atoms with E-state index in [2.05, 4.69) is 25.7 Å². The van der Waals surface area contributed by atoms with Crippen molar-refractivity contribution in [2.75, 3.05) is 49.1 Å². The highest BCUT2D eigenvalue weighted by atomic mass is 79.9. The lowest BCUT2D eigenvalue weighted by atomic mass is 10.1. The quantitative estimate of drug-likeness (QED) is 0.489. The molecule has 2 aromatic carbocycles. The van der Waals surface area contributed by atoms with E-state index in [4.69, 9.17) is 0 Å². The Kier molecular flexibility index (Phi) is 6.22. The molecule has 2 aliphatic rings. The molecule has 4 rings (SSSR count). The van der Waals surface area contributed by atoms with Crippen LogP contribution in [-0.2, 0) is 0 Å². The molecule has 0 aromatic heterocycles. The molecule has 2 aliphatic heterocycles. The standard InChI is InChI=1S/C22H25BrN4O3/c23-19-7-3-2-6-18(19)22(28)26-14-12-24(13-15-26)17-8-9-20(27(29)30)21(16-17)25-10-4-1-5-11-25/h2-3,6-9,16H,1,4-5,10-15H2. The van der Waals surface area contributed by atoms with Crippen LogP contribution >= 0.6 is 15.9 Å². The number of halogens is 1. The Morgan fingerprint density at radius 2 is 1.60 bits per heavy atom. The lowest BCUT2D eigenvalue weighted by Crippen LogP contribution is -2.49. The maximum absolute atomic E-state index is 12.8. The zero-order chi connectivity index (χ0) is 21.1. The van der Waals surface area contributed by atoms with E-state index in [1.165, 1.54) is 6.42 Å². The minimum Gasteiger partial charge on any atom is -0.368 e. The number of benzene rings is 2. The first-order chi connectivity index (χ1) is 14.5. The summed E-state index contributed by atoms with van der Waals surface area (Å²) in [4.78, 5) is 30.3. The minimum atomic E-state index is -0.290. The molecule has 0 radical (unpaired) electrons. The predicted molar refractivity (Wildman–Crippen MR) is 121 cm³/mol. The molecule has 30 heavy (non-hydrogen) atoms. The fourth-order valence-electron chi connectivity index (χ4n) is 4.22. The number of nitro benzene ring substituents is 1. The van der Waals surface area contributed by atoms with Gasteiger partial charge in [-0.3, -0.25) is 14.9 Å². The van der Waals surface area contributed by atoms with E-state index in [9.17, 15) is 14.9 Å². The van der Waals surface area contributed by atoms with Crippen LogP contribution in [0.25, 0.3) is 0 Å². The number of amides is 1. The fourth-order valence-corrected chi connectivity index (χ4v) is 4.68. The third-order valence-electron chi connectivity index (χ3n) is 5.89. The molecule has 0 atom stereocenters. The first kappa shape index (κ1) is 20.7. The summed E-state index contributed by atoms with van der Waals surface area (Å²) in [5.41, 5.74) is 2.54. The van der Waals surface area contributed by atoms with Gasteiger partial charge in [0.2, 0.25) is 0 Å². The third-order valence-corrected chi connectivity index (χ3v) is 6.58. The van der Waals surface area contributed by atoms with Crippen LogP contribution in [0.4, 0.5) is 17.1 Å². The van der Waals surface area contributed by atoms with E-state index >= 15 is 0 Å². The van der Waals surface area contributed by atoms with E-state index in [-0.39, 0.29) is 16.5 Å². The summed E-state index contributed by atoms with van der Waals surface area (Å²) in [6.45, 7) is 4.37. The Labute approximate surface area is 184 Å². The van der Waals surface area contributed by atoms with Gasteiger partial charge >= 0.3 is 0 Å². The molecule has 0 spiro atoms. The van der Waals surface area contributed by atoms with Crippen LogP contribution in [0.5, 0.6) is 0 Å². The zero-order valence-electron chi connectivity index (χ0n) is 16.8. The summed E-state index contributed by atoms with van der Waals surface area (Å²) >= 11 is 3.46. The lowest BCUT2D eigenvalue weighted by molar-refractivity contribution is -0.384. The fraction of sp³-hybridized carbons (Fsp3) is 0.409. The van der Waals surface area contributed by atoms with Crippen molar-refractivity contribution >= 4 is 38.9 Å². The number of hydrogen-bond acceptors (Lipinski definition) is 5. The van der Waals surface area contributed by atoms with E-state index in [1.807, 2.05) is 41.3 Å². The molecular formula is C22H25BrN4O3. The summed E-state index contributed by atoms with van der Waals surface area (Å²) in [5, 5.41) is 11.5. The SMILES string of the molecule is O=C(c1ccccc1Br)N1CCN(c2ccc([N+](=O)[O-])c(N3CCCCC3)c2)CC1. The van der Waals surface area contributed by atoms with Gasteiger partial charge in [0.25, 0.3) is 11.6 Å². The van der Waals surface area contributed by atoms with E-state index in [1.54, 1.807) is 6.07 Å². The number of hydrogen-bond donors (Lipinski definition) is 0. The largest absolute Gasteiger partial charge is 0.368 e. The van der Waals surface area contributed by atoms with Crippen molar-refractivity contribution in [1.82, 2.24) is 4.90 Å². The molecule has 0 unspecified atom stereocenters. The summed E-state index contributed by atoms with van der Waals surface area (Å²) in [7, 11) is 0. The molecule has 8 heteroatoms. The average Bonchev–Trinajstić information content (AvgIpc) is 2.79. The highest BCUT2D eigenvalue weighted by molar-refractivity contribution is 9.10. The van der Waals surface area contributed by atoms with Gasteiger partial charge in [-0.1, -0.05) is 12.1 Å². The van der Waals surface area contributed by atoms with Gasteiger partial charge in [-0.25, -0.2) is 0 Å². The normalized spacial score (nSPS) is 17.2. The van der Waals surface area contributed by atoms with E-state index in [0.717, 1.165) is 36.1 Å².